The molecule has 0 aromatic carbocycles. The van der Waals surface area contributed by atoms with Crippen LogP contribution in [0.15, 0.2) is 36.2 Å². The minimum atomic E-state index is -0.863. The molecule has 24 heavy (non-hydrogen) atoms. The Morgan fingerprint density at radius 2 is 2.00 bits per heavy atom. The normalized spacial score (nSPS) is 35.0. The maximum Gasteiger partial charge on any atom is 0.408 e. The van der Waals surface area contributed by atoms with Crippen LogP contribution in [0.1, 0.15) is 38.5 Å². The Bertz CT molecular complexity index is 536. The van der Waals surface area contributed by atoms with Crippen LogP contribution in [0.3, 0.4) is 0 Å². The monoisotopic (exact) mass is 333 g/mol. The van der Waals surface area contributed by atoms with Gasteiger partial charge in [-0.2, -0.15) is 0 Å². The third-order valence-corrected chi connectivity index (χ3v) is 5.14. The van der Waals surface area contributed by atoms with E-state index >= 15 is 0 Å². The second-order valence-electron chi connectivity index (χ2n) is 6.94. The molecule has 2 aliphatic heterocycles. The van der Waals surface area contributed by atoms with Crippen LogP contribution in [0.5, 0.6) is 0 Å². The number of aliphatic hydroxyl groups excluding tert-OH is 1. The molecule has 1 saturated carbocycles. The second kappa shape index (κ2) is 7.85. The first kappa shape index (κ1) is 17.0. The zero-order valence-corrected chi connectivity index (χ0v) is 13.9. The van der Waals surface area contributed by atoms with Crippen molar-refractivity contribution in [3.8, 4) is 0 Å². The van der Waals surface area contributed by atoms with E-state index in [2.05, 4.69) is 16.7 Å². The van der Waals surface area contributed by atoms with E-state index in [1.165, 1.54) is 0 Å². The third kappa shape index (κ3) is 4.39. The first-order valence-corrected chi connectivity index (χ1v) is 8.87. The molecule has 6 nitrogen and oxygen atoms in total. The zero-order chi connectivity index (χ0) is 16.9. The molecule has 2 unspecified atom stereocenters. The summed E-state index contributed by atoms with van der Waals surface area (Å²) >= 11 is 0. The van der Waals surface area contributed by atoms with Gasteiger partial charge in [-0.1, -0.05) is 12.2 Å². The molecule has 2 fully saturated rings. The first-order valence-electron chi connectivity index (χ1n) is 8.87. The molecule has 2 heterocycles. The number of rotatable bonds is 3. The van der Waals surface area contributed by atoms with Crippen LogP contribution in [0, 0.1) is 5.92 Å². The molecule has 1 saturated heterocycles. The maximum atomic E-state index is 11.7. The van der Waals surface area contributed by atoms with Crippen molar-refractivity contribution in [2.75, 3.05) is 6.54 Å². The summed E-state index contributed by atoms with van der Waals surface area (Å²) in [4.78, 5) is 13.2. The van der Waals surface area contributed by atoms with Gasteiger partial charge in [-0.25, -0.2) is 4.79 Å². The summed E-state index contributed by atoms with van der Waals surface area (Å²) in [6.07, 6.45) is 14.0. The molecule has 3 aliphatic rings. The summed E-state index contributed by atoms with van der Waals surface area (Å²) < 4.78 is 0. The number of aliphatic hydroxyl groups is 1. The molecule has 2 atom stereocenters. The molecular weight excluding hydrogens is 306 g/mol. The number of amides is 1. The number of carbonyl (C=O) groups is 1. The van der Waals surface area contributed by atoms with Crippen molar-refractivity contribution >= 4 is 6.09 Å². The number of hydrogen-bond acceptors (Lipinski definition) is 4. The highest BCUT2D eigenvalue weighted by molar-refractivity contribution is 5.65. The van der Waals surface area contributed by atoms with Crippen LogP contribution in [0.4, 0.5) is 4.79 Å². The van der Waals surface area contributed by atoms with E-state index in [1.807, 2.05) is 24.4 Å². The maximum absolute atomic E-state index is 11.7. The van der Waals surface area contributed by atoms with E-state index in [0.717, 1.165) is 44.2 Å². The molecule has 132 valence electrons. The van der Waals surface area contributed by atoms with Crippen LogP contribution in [-0.4, -0.2) is 46.1 Å². The molecule has 0 aromatic rings. The van der Waals surface area contributed by atoms with Gasteiger partial charge < -0.3 is 15.5 Å². The summed E-state index contributed by atoms with van der Waals surface area (Å²) in [5.41, 5.74) is 1.03. The van der Waals surface area contributed by atoms with Gasteiger partial charge in [0.15, 0.2) is 0 Å². The largest absolute Gasteiger partial charge is 0.465 e. The van der Waals surface area contributed by atoms with Crippen molar-refractivity contribution in [3.63, 3.8) is 0 Å². The fourth-order valence-corrected chi connectivity index (χ4v) is 3.80. The summed E-state index contributed by atoms with van der Waals surface area (Å²) in [5, 5.41) is 25.9. The van der Waals surface area contributed by atoms with E-state index in [1.54, 1.807) is 4.90 Å². The van der Waals surface area contributed by atoms with Crippen molar-refractivity contribution in [3.05, 3.63) is 36.2 Å². The quantitative estimate of drug-likeness (QED) is 0.636. The lowest BCUT2D eigenvalue weighted by molar-refractivity contribution is 0.0625. The van der Waals surface area contributed by atoms with Gasteiger partial charge in [0.25, 0.3) is 0 Å². The molecule has 0 aromatic heterocycles. The highest BCUT2D eigenvalue weighted by atomic mass is 16.4. The molecule has 0 bridgehead atoms. The summed E-state index contributed by atoms with van der Waals surface area (Å²) in [5.74, 6) is 0.228. The van der Waals surface area contributed by atoms with Crippen LogP contribution in [0.2, 0.25) is 0 Å². The average Bonchev–Trinajstić information content (AvgIpc) is 2.59. The van der Waals surface area contributed by atoms with E-state index in [4.69, 9.17) is 0 Å². The van der Waals surface area contributed by atoms with Gasteiger partial charge >= 0.3 is 6.09 Å². The van der Waals surface area contributed by atoms with Gasteiger partial charge in [-0.05, 0) is 56.6 Å². The van der Waals surface area contributed by atoms with E-state index in [9.17, 15) is 15.0 Å². The lowest BCUT2D eigenvalue weighted by Gasteiger charge is -2.40. The third-order valence-electron chi connectivity index (χ3n) is 5.14. The van der Waals surface area contributed by atoms with Crippen LogP contribution in [-0.2, 0) is 0 Å². The van der Waals surface area contributed by atoms with Gasteiger partial charge in [-0.3, -0.25) is 10.2 Å². The van der Waals surface area contributed by atoms with Crippen molar-refractivity contribution < 1.29 is 15.0 Å². The van der Waals surface area contributed by atoms with E-state index in [-0.39, 0.29) is 18.2 Å². The standard InChI is InChI=1S/C18H27N3O3/c22-16-7-5-14(6-8-16)20-17-9-4-13(12-21(17)18(23)24)11-15-3-1-2-10-19-15/h1-3,10-11,13-14,16-17,19-20,22H,4-9,12H2,(H,23,24)/t13?,14-,16-,17?. The average molecular weight is 333 g/mol. The molecular formula is C18H27N3O3. The Balaban J connectivity index is 1.58. The summed E-state index contributed by atoms with van der Waals surface area (Å²) in [6.45, 7) is 0.519. The molecule has 3 rings (SSSR count). The number of likely N-dealkylation sites (tertiary alicyclic amines) is 1. The first-order chi connectivity index (χ1) is 11.6. The van der Waals surface area contributed by atoms with Crippen molar-refractivity contribution in [1.29, 1.82) is 0 Å². The number of carboxylic acid groups (broad SMARTS) is 1. The van der Waals surface area contributed by atoms with Gasteiger partial charge in [-0.15, -0.1) is 0 Å². The second-order valence-corrected chi connectivity index (χ2v) is 6.94. The Morgan fingerprint density at radius 1 is 1.21 bits per heavy atom. The molecule has 0 spiro atoms. The van der Waals surface area contributed by atoms with Crippen molar-refractivity contribution in [2.24, 2.45) is 5.92 Å². The zero-order valence-electron chi connectivity index (χ0n) is 13.9. The number of hydrogen-bond donors (Lipinski definition) is 4. The number of piperidine rings is 1. The molecule has 4 N–H and O–H groups in total. The highest BCUT2D eigenvalue weighted by Crippen LogP contribution is 2.26. The highest BCUT2D eigenvalue weighted by Gasteiger charge is 2.33. The number of allylic oxidation sites excluding steroid dienone is 3. The minimum absolute atomic E-state index is 0.118. The minimum Gasteiger partial charge on any atom is -0.465 e. The number of nitrogens with zero attached hydrogens (tertiary/aromatic N) is 1. The molecule has 1 aliphatic carbocycles. The topological polar surface area (TPSA) is 84.8 Å². The van der Waals surface area contributed by atoms with Gasteiger partial charge in [0.1, 0.15) is 0 Å². The lowest BCUT2D eigenvalue weighted by atomic mass is 9.91. The van der Waals surface area contributed by atoms with Crippen LogP contribution >= 0.6 is 0 Å². The van der Waals surface area contributed by atoms with E-state index < -0.39 is 6.09 Å². The number of dihydropyridines is 1. The smallest absolute Gasteiger partial charge is 0.408 e. The van der Waals surface area contributed by atoms with Crippen molar-refractivity contribution in [1.82, 2.24) is 15.5 Å². The molecule has 1 amide bonds. The molecule has 0 radical (unpaired) electrons. The Labute approximate surface area is 142 Å². The van der Waals surface area contributed by atoms with Crippen LogP contribution in [0.25, 0.3) is 0 Å². The van der Waals surface area contributed by atoms with Gasteiger partial charge in [0.2, 0.25) is 0 Å². The summed E-state index contributed by atoms with van der Waals surface area (Å²) in [7, 11) is 0. The van der Waals surface area contributed by atoms with Gasteiger partial charge in [0, 0.05) is 24.5 Å². The SMILES string of the molecule is O=C(O)N1CC(C=C2C=CC=CN2)CCC1N[C@H]1CC[C@H](O)CC1. The Hall–Kier alpha value is -1.79. The number of nitrogens with one attached hydrogen (secondary N) is 2. The predicted octanol–water partition coefficient (Wildman–Crippen LogP) is 2.15. The van der Waals surface area contributed by atoms with Crippen LogP contribution < -0.4 is 10.6 Å². The Morgan fingerprint density at radius 3 is 2.67 bits per heavy atom. The fraction of sp³-hybridized carbons (Fsp3) is 0.611. The lowest BCUT2D eigenvalue weighted by Crippen LogP contribution is -2.56. The van der Waals surface area contributed by atoms with Gasteiger partial charge in [0.05, 0.1) is 12.3 Å². The fourth-order valence-electron chi connectivity index (χ4n) is 3.80. The van der Waals surface area contributed by atoms with Crippen molar-refractivity contribution in [2.45, 2.75) is 56.8 Å². The Kier molecular flexibility index (Phi) is 5.58. The predicted molar refractivity (Wildman–Crippen MR) is 92.1 cm³/mol. The summed E-state index contributed by atoms with van der Waals surface area (Å²) in [6, 6.07) is 0.309. The van der Waals surface area contributed by atoms with E-state index in [0.29, 0.717) is 12.6 Å². The molecule has 6 heteroatoms.